The van der Waals surface area contributed by atoms with Gasteiger partial charge in [0.2, 0.25) is 0 Å². The number of nitrogens with zero attached hydrogens (tertiary/aromatic N) is 3. The molecule has 26 heavy (non-hydrogen) atoms. The predicted molar refractivity (Wildman–Crippen MR) is 91.1 cm³/mol. The van der Waals surface area contributed by atoms with Gasteiger partial charge in [-0.05, 0) is 24.8 Å². The van der Waals surface area contributed by atoms with E-state index in [2.05, 4.69) is 20.5 Å². The summed E-state index contributed by atoms with van der Waals surface area (Å²) in [7, 11) is 0. The molecule has 8 nitrogen and oxygen atoms in total. The second kappa shape index (κ2) is 6.10. The molecule has 0 bridgehead atoms. The molecule has 134 valence electrons. The summed E-state index contributed by atoms with van der Waals surface area (Å²) in [5.74, 6) is -0.140. The lowest BCUT2D eigenvalue weighted by atomic mass is 10.1. The Morgan fingerprint density at radius 3 is 2.85 bits per heavy atom. The Hall–Kier alpha value is -2.94. The maximum Gasteiger partial charge on any atom is 0.405 e. The van der Waals surface area contributed by atoms with Gasteiger partial charge in [-0.25, -0.2) is 18.7 Å². The summed E-state index contributed by atoms with van der Waals surface area (Å²) in [5.41, 5.74) is -0.458. The highest BCUT2D eigenvalue weighted by Gasteiger charge is 2.37. The van der Waals surface area contributed by atoms with Crippen LogP contribution < -0.4 is 10.9 Å². The molecule has 10 heteroatoms. The first-order chi connectivity index (χ1) is 12.5. The SMILES string of the molecule is O=C(O)NC(c1nc2cc(F)cc(Cl)c2c(=O)n1-c1ccn[nH]1)C1CC1. The number of carboxylic acid groups (broad SMARTS) is 1. The van der Waals surface area contributed by atoms with Crippen molar-refractivity contribution in [2.45, 2.75) is 18.9 Å². The highest BCUT2D eigenvalue weighted by Crippen LogP contribution is 2.41. The molecule has 1 saturated carbocycles. The molecule has 1 atom stereocenters. The molecule has 1 amide bonds. The minimum Gasteiger partial charge on any atom is -0.465 e. The van der Waals surface area contributed by atoms with E-state index in [1.54, 1.807) is 6.07 Å². The topological polar surface area (TPSA) is 113 Å². The maximum atomic E-state index is 13.8. The van der Waals surface area contributed by atoms with Crippen molar-refractivity contribution < 1.29 is 14.3 Å². The van der Waals surface area contributed by atoms with Gasteiger partial charge in [0.25, 0.3) is 5.56 Å². The molecular formula is C16H13ClFN5O3. The number of hydrogen-bond acceptors (Lipinski definition) is 4. The molecule has 1 fully saturated rings. The minimum atomic E-state index is -1.23. The normalized spacial score (nSPS) is 15.2. The average molecular weight is 378 g/mol. The molecule has 1 aliphatic carbocycles. The van der Waals surface area contributed by atoms with Crippen LogP contribution >= 0.6 is 11.6 Å². The van der Waals surface area contributed by atoms with E-state index in [1.807, 2.05) is 0 Å². The van der Waals surface area contributed by atoms with Crippen molar-refractivity contribution in [1.82, 2.24) is 25.1 Å². The van der Waals surface area contributed by atoms with Gasteiger partial charge in [-0.2, -0.15) is 5.10 Å². The lowest BCUT2D eigenvalue weighted by Gasteiger charge is -2.20. The van der Waals surface area contributed by atoms with E-state index in [0.29, 0.717) is 5.82 Å². The van der Waals surface area contributed by atoms with Crippen LogP contribution in [0.3, 0.4) is 0 Å². The smallest absolute Gasteiger partial charge is 0.405 e. The Kier molecular flexibility index (Phi) is 3.87. The monoisotopic (exact) mass is 377 g/mol. The zero-order chi connectivity index (χ0) is 18.4. The van der Waals surface area contributed by atoms with E-state index in [1.165, 1.54) is 10.8 Å². The van der Waals surface area contributed by atoms with Crippen LogP contribution in [-0.2, 0) is 0 Å². The van der Waals surface area contributed by atoms with Gasteiger partial charge in [0, 0.05) is 12.1 Å². The molecule has 3 N–H and O–H groups in total. The molecule has 1 aromatic carbocycles. The molecule has 3 aromatic rings. The van der Waals surface area contributed by atoms with Gasteiger partial charge in [-0.15, -0.1) is 0 Å². The van der Waals surface area contributed by atoms with E-state index in [4.69, 9.17) is 11.6 Å². The number of halogens is 2. The van der Waals surface area contributed by atoms with Gasteiger partial charge in [-0.3, -0.25) is 9.89 Å². The molecule has 1 unspecified atom stereocenters. The van der Waals surface area contributed by atoms with Crippen molar-refractivity contribution in [3.8, 4) is 5.82 Å². The summed E-state index contributed by atoms with van der Waals surface area (Å²) in [5, 5.41) is 18.1. The van der Waals surface area contributed by atoms with Crippen molar-refractivity contribution in [2.75, 3.05) is 0 Å². The van der Waals surface area contributed by atoms with Crippen molar-refractivity contribution in [3.05, 3.63) is 51.4 Å². The van der Waals surface area contributed by atoms with Crippen molar-refractivity contribution in [2.24, 2.45) is 5.92 Å². The molecule has 2 heterocycles. The van der Waals surface area contributed by atoms with Gasteiger partial charge in [0.15, 0.2) is 0 Å². The average Bonchev–Trinajstić information content (AvgIpc) is 3.26. The number of rotatable bonds is 4. The molecular weight excluding hydrogens is 365 g/mol. The number of nitrogens with one attached hydrogen (secondary N) is 2. The second-order valence-electron chi connectivity index (χ2n) is 6.10. The molecule has 0 radical (unpaired) electrons. The van der Waals surface area contributed by atoms with Gasteiger partial charge in [0.05, 0.1) is 28.2 Å². The predicted octanol–water partition coefficient (Wildman–Crippen LogP) is 2.62. The van der Waals surface area contributed by atoms with Crippen LogP contribution in [0, 0.1) is 11.7 Å². The van der Waals surface area contributed by atoms with Crippen LogP contribution in [0.15, 0.2) is 29.2 Å². The molecule has 0 aliphatic heterocycles. The molecule has 4 rings (SSSR count). The summed E-state index contributed by atoms with van der Waals surface area (Å²) in [4.78, 5) is 28.7. The number of H-pyrrole nitrogens is 1. The number of benzene rings is 1. The summed E-state index contributed by atoms with van der Waals surface area (Å²) in [6.07, 6.45) is 1.82. The van der Waals surface area contributed by atoms with Crippen molar-refractivity contribution >= 4 is 28.6 Å². The number of fused-ring (bicyclic) bond motifs is 1. The Bertz CT molecular complexity index is 1060. The molecule has 1 aliphatic rings. The van der Waals surface area contributed by atoms with Crippen molar-refractivity contribution in [3.63, 3.8) is 0 Å². The molecule has 0 saturated heterocycles. The number of carbonyl (C=O) groups is 1. The first-order valence-electron chi connectivity index (χ1n) is 7.86. The number of aromatic amines is 1. The van der Waals surface area contributed by atoms with Gasteiger partial charge >= 0.3 is 6.09 Å². The highest BCUT2D eigenvalue weighted by molar-refractivity contribution is 6.35. The summed E-state index contributed by atoms with van der Waals surface area (Å²) < 4.78 is 15.0. The zero-order valence-corrected chi connectivity index (χ0v) is 14.0. The van der Waals surface area contributed by atoms with E-state index < -0.39 is 23.5 Å². The van der Waals surface area contributed by atoms with Crippen LogP contribution in [-0.4, -0.2) is 30.9 Å². The Balaban J connectivity index is 2.05. The lowest BCUT2D eigenvalue weighted by Crippen LogP contribution is -2.35. The van der Waals surface area contributed by atoms with E-state index >= 15 is 0 Å². The van der Waals surface area contributed by atoms with E-state index in [0.717, 1.165) is 25.0 Å². The third-order valence-corrected chi connectivity index (χ3v) is 4.59. The number of aromatic nitrogens is 4. The first kappa shape index (κ1) is 16.5. The lowest BCUT2D eigenvalue weighted by molar-refractivity contribution is 0.187. The third-order valence-electron chi connectivity index (χ3n) is 4.29. The van der Waals surface area contributed by atoms with Crippen LogP contribution in [0.2, 0.25) is 5.02 Å². The third kappa shape index (κ3) is 2.80. The van der Waals surface area contributed by atoms with Crippen LogP contribution in [0.25, 0.3) is 16.7 Å². The van der Waals surface area contributed by atoms with Gasteiger partial charge in [0.1, 0.15) is 17.5 Å². The quantitative estimate of drug-likeness (QED) is 0.646. The summed E-state index contributed by atoms with van der Waals surface area (Å²) in [6, 6.07) is 2.99. The second-order valence-corrected chi connectivity index (χ2v) is 6.51. The van der Waals surface area contributed by atoms with E-state index in [9.17, 15) is 19.1 Å². The fourth-order valence-corrected chi connectivity index (χ4v) is 3.30. The maximum absolute atomic E-state index is 13.8. The number of amides is 1. The largest absolute Gasteiger partial charge is 0.465 e. The molecule has 2 aromatic heterocycles. The van der Waals surface area contributed by atoms with Gasteiger partial charge in [-0.1, -0.05) is 11.6 Å². The first-order valence-corrected chi connectivity index (χ1v) is 8.24. The van der Waals surface area contributed by atoms with Crippen LogP contribution in [0.5, 0.6) is 0 Å². The van der Waals surface area contributed by atoms with E-state index in [-0.39, 0.29) is 27.7 Å². The standard InChI is InChI=1S/C16H13ClFN5O3/c17-9-5-8(18)6-10-12(9)15(24)23(11-3-4-19-22-11)14(20-10)13(7-1-2-7)21-16(25)26/h3-7,13,21H,1-2H2,(H,19,22)(H,25,26). The van der Waals surface area contributed by atoms with Gasteiger partial charge < -0.3 is 10.4 Å². The molecule has 0 spiro atoms. The summed E-state index contributed by atoms with van der Waals surface area (Å²) >= 11 is 6.06. The highest BCUT2D eigenvalue weighted by atomic mass is 35.5. The van der Waals surface area contributed by atoms with Crippen LogP contribution in [0.1, 0.15) is 24.7 Å². The van der Waals surface area contributed by atoms with Crippen LogP contribution in [0.4, 0.5) is 9.18 Å². The number of hydrogen-bond donors (Lipinski definition) is 3. The zero-order valence-electron chi connectivity index (χ0n) is 13.2. The summed E-state index contributed by atoms with van der Waals surface area (Å²) in [6.45, 7) is 0. The Morgan fingerprint density at radius 1 is 1.46 bits per heavy atom. The fourth-order valence-electron chi connectivity index (χ4n) is 3.02. The Morgan fingerprint density at radius 2 is 2.23 bits per heavy atom. The Labute approximate surface area is 150 Å². The fraction of sp³-hybridized carbons (Fsp3) is 0.250. The van der Waals surface area contributed by atoms with Crippen molar-refractivity contribution in [1.29, 1.82) is 0 Å². The minimum absolute atomic E-state index is 0.00801.